The monoisotopic (exact) mass is 796 g/mol. The summed E-state index contributed by atoms with van der Waals surface area (Å²) < 4.78 is 33.2. The van der Waals surface area contributed by atoms with E-state index in [9.17, 15) is 14.3 Å². The van der Waals surface area contributed by atoms with Crippen molar-refractivity contribution in [2.75, 3.05) is 33.0 Å². The van der Waals surface area contributed by atoms with E-state index < -0.39 is 19.9 Å². The molecule has 2 unspecified atom stereocenters. The molecule has 0 fully saturated rings. The molecule has 0 aromatic rings. The fraction of sp³-hybridized carbons (Fsp3) is 0.511. The van der Waals surface area contributed by atoms with E-state index in [0.717, 1.165) is 83.5 Å². The van der Waals surface area contributed by atoms with Crippen molar-refractivity contribution in [2.24, 2.45) is 5.73 Å². The van der Waals surface area contributed by atoms with E-state index in [4.69, 9.17) is 24.3 Å². The highest BCUT2D eigenvalue weighted by Gasteiger charge is 2.25. The largest absolute Gasteiger partial charge is 0.472 e. The lowest BCUT2D eigenvalue weighted by atomic mass is 10.2. The zero-order valence-electron chi connectivity index (χ0n) is 34.5. The van der Waals surface area contributed by atoms with Gasteiger partial charge >= 0.3 is 13.8 Å². The summed E-state index contributed by atoms with van der Waals surface area (Å²) in [6.45, 7) is 4.34. The summed E-state index contributed by atoms with van der Waals surface area (Å²) in [6.07, 6.45) is 60.7. The average molecular weight is 796 g/mol. The molecule has 0 aliphatic rings. The summed E-state index contributed by atoms with van der Waals surface area (Å²) in [5, 5.41) is 0. The maximum Gasteiger partial charge on any atom is 0.472 e. The van der Waals surface area contributed by atoms with Crippen molar-refractivity contribution in [2.45, 2.75) is 123 Å². The maximum absolute atomic E-state index is 12.6. The molecule has 56 heavy (non-hydrogen) atoms. The van der Waals surface area contributed by atoms with Crippen LogP contribution in [0.3, 0.4) is 0 Å². The Hall–Kier alpha value is -3.36. The van der Waals surface area contributed by atoms with Gasteiger partial charge in [-0.15, -0.1) is 0 Å². The van der Waals surface area contributed by atoms with E-state index in [0.29, 0.717) is 19.4 Å². The Morgan fingerprint density at radius 2 is 0.929 bits per heavy atom. The van der Waals surface area contributed by atoms with E-state index >= 15 is 0 Å². The normalized spacial score (nSPS) is 14.9. The van der Waals surface area contributed by atoms with Gasteiger partial charge < -0.3 is 20.1 Å². The summed E-state index contributed by atoms with van der Waals surface area (Å²) in [5.74, 6) is -0.404. The van der Waals surface area contributed by atoms with Crippen LogP contribution in [0.5, 0.6) is 0 Å². The van der Waals surface area contributed by atoms with Crippen LogP contribution in [-0.2, 0) is 27.9 Å². The Morgan fingerprint density at radius 3 is 1.34 bits per heavy atom. The van der Waals surface area contributed by atoms with Gasteiger partial charge in [0.05, 0.1) is 26.4 Å². The second-order valence-corrected chi connectivity index (χ2v) is 14.2. The minimum atomic E-state index is -4.32. The molecule has 0 radical (unpaired) electrons. The van der Waals surface area contributed by atoms with Gasteiger partial charge in [-0.1, -0.05) is 148 Å². The molecule has 0 heterocycles. The smallest absolute Gasteiger partial charge is 0.457 e. The van der Waals surface area contributed by atoms with Crippen LogP contribution in [0.25, 0.3) is 0 Å². The van der Waals surface area contributed by atoms with E-state index in [2.05, 4.69) is 141 Å². The molecule has 8 nitrogen and oxygen atoms in total. The van der Waals surface area contributed by atoms with Crippen LogP contribution in [0.15, 0.2) is 134 Å². The van der Waals surface area contributed by atoms with Gasteiger partial charge in [0.15, 0.2) is 0 Å². The molecule has 2 atom stereocenters. The summed E-state index contributed by atoms with van der Waals surface area (Å²) >= 11 is 0. The van der Waals surface area contributed by atoms with Gasteiger partial charge in [0, 0.05) is 13.0 Å². The molecule has 0 aliphatic carbocycles. The highest BCUT2D eigenvalue weighted by atomic mass is 31.2. The fourth-order valence-corrected chi connectivity index (χ4v) is 5.41. The SMILES string of the molecule is CC/C=C\C/C=C\C/C=C\C/C=C\C/C=C\C/C=C\CCCCC(=O)OC(COCC/C=C\C/C=C\C/C=C\C/C=C\C/C=C\CC)COP(=O)(O)OCCN. The standard InChI is InChI=1S/C47H74NO7P/c1-3-5-7-9-11-13-15-17-19-21-22-23-24-25-26-28-30-32-34-36-38-40-47(49)55-46(45-54-56(50,51)53-43-41-48)44-52-42-39-37-35-33-31-29-27-20-18-16-14-12-10-8-6-4-2/h5-8,11-14,17-20,22-23,25-26,29-32,35,37,46H,3-4,9-10,15-16,21,24,27-28,33-34,36,38-45,48H2,1-2H3,(H,50,51)/b7-5-,8-6-,13-11-,14-12-,19-17-,20-18-,23-22-,26-25-,31-29-,32-30-,37-35-. The van der Waals surface area contributed by atoms with Gasteiger partial charge in [0.1, 0.15) is 6.10 Å². The molecule has 0 aliphatic heterocycles. The predicted octanol–water partition coefficient (Wildman–Crippen LogP) is 12.4. The van der Waals surface area contributed by atoms with E-state index in [-0.39, 0.29) is 32.8 Å². The quantitative estimate of drug-likeness (QED) is 0.0276. The fourth-order valence-electron chi connectivity index (χ4n) is 4.65. The van der Waals surface area contributed by atoms with Crippen molar-refractivity contribution in [1.29, 1.82) is 0 Å². The van der Waals surface area contributed by atoms with Crippen molar-refractivity contribution in [3.05, 3.63) is 134 Å². The van der Waals surface area contributed by atoms with E-state index in [1.54, 1.807) is 0 Å². The van der Waals surface area contributed by atoms with Crippen molar-refractivity contribution in [1.82, 2.24) is 0 Å². The number of esters is 1. The number of phosphoric acid groups is 1. The third kappa shape index (κ3) is 41.8. The molecular weight excluding hydrogens is 721 g/mol. The van der Waals surface area contributed by atoms with Crippen LogP contribution >= 0.6 is 7.82 Å². The molecule has 0 aromatic heterocycles. The van der Waals surface area contributed by atoms with Crippen LogP contribution in [0.2, 0.25) is 0 Å². The number of nitrogens with two attached hydrogens (primary N) is 1. The molecule has 0 spiro atoms. The summed E-state index contributed by atoms with van der Waals surface area (Å²) in [7, 11) is -4.32. The van der Waals surface area contributed by atoms with E-state index in [1.165, 1.54) is 0 Å². The second-order valence-electron chi connectivity index (χ2n) is 12.7. The van der Waals surface area contributed by atoms with Gasteiger partial charge in [0.25, 0.3) is 0 Å². The average Bonchev–Trinajstić information content (AvgIpc) is 3.19. The number of rotatable bonds is 37. The lowest BCUT2D eigenvalue weighted by Crippen LogP contribution is -2.28. The Balaban J connectivity index is 4.31. The Bertz CT molecular complexity index is 1300. The maximum atomic E-state index is 12.6. The summed E-state index contributed by atoms with van der Waals surface area (Å²) in [4.78, 5) is 22.4. The number of phosphoric ester groups is 1. The number of ether oxygens (including phenoxy) is 2. The first kappa shape index (κ1) is 52.6. The minimum Gasteiger partial charge on any atom is -0.457 e. The number of carbonyl (C=O) groups excluding carboxylic acids is 1. The topological polar surface area (TPSA) is 117 Å². The molecule has 0 amide bonds. The first-order valence-electron chi connectivity index (χ1n) is 20.7. The third-order valence-corrected chi connectivity index (χ3v) is 8.57. The van der Waals surface area contributed by atoms with Crippen LogP contribution in [0, 0.1) is 0 Å². The summed E-state index contributed by atoms with van der Waals surface area (Å²) in [6, 6.07) is 0. The van der Waals surface area contributed by atoms with Gasteiger partial charge in [0.2, 0.25) is 0 Å². The Kier molecular flexibility index (Phi) is 40.2. The lowest BCUT2D eigenvalue weighted by Gasteiger charge is -2.19. The van der Waals surface area contributed by atoms with Gasteiger partial charge in [-0.05, 0) is 96.3 Å². The molecule has 0 aromatic carbocycles. The molecule has 3 N–H and O–H groups in total. The second kappa shape index (κ2) is 42.8. The highest BCUT2D eigenvalue weighted by Crippen LogP contribution is 2.43. The van der Waals surface area contributed by atoms with Crippen molar-refractivity contribution in [3.63, 3.8) is 0 Å². The molecule has 0 rings (SSSR count). The Labute approximate surface area is 340 Å². The zero-order chi connectivity index (χ0) is 40.9. The molecule has 0 saturated heterocycles. The number of carbonyl (C=O) groups is 1. The van der Waals surface area contributed by atoms with Crippen LogP contribution in [0.4, 0.5) is 0 Å². The van der Waals surface area contributed by atoms with Crippen molar-refractivity contribution >= 4 is 13.8 Å². The van der Waals surface area contributed by atoms with Gasteiger partial charge in [-0.25, -0.2) is 4.57 Å². The molecule has 0 bridgehead atoms. The van der Waals surface area contributed by atoms with Crippen LogP contribution in [0.1, 0.15) is 117 Å². The number of allylic oxidation sites excluding steroid dienone is 21. The molecule has 314 valence electrons. The van der Waals surface area contributed by atoms with Crippen molar-refractivity contribution in [3.8, 4) is 0 Å². The van der Waals surface area contributed by atoms with E-state index in [1.807, 2.05) is 6.08 Å². The first-order valence-corrected chi connectivity index (χ1v) is 22.2. The number of hydrogen-bond donors (Lipinski definition) is 2. The van der Waals surface area contributed by atoms with Crippen LogP contribution < -0.4 is 5.73 Å². The van der Waals surface area contributed by atoms with Gasteiger partial charge in [-0.2, -0.15) is 0 Å². The predicted molar refractivity (Wildman–Crippen MR) is 237 cm³/mol. The van der Waals surface area contributed by atoms with Crippen molar-refractivity contribution < 1.29 is 32.8 Å². The molecule has 9 heteroatoms. The first-order chi connectivity index (χ1) is 27.4. The van der Waals surface area contributed by atoms with Gasteiger partial charge in [-0.3, -0.25) is 13.8 Å². The molecule has 0 saturated carbocycles. The Morgan fingerprint density at radius 1 is 0.536 bits per heavy atom. The number of unbranched alkanes of at least 4 members (excludes halogenated alkanes) is 2. The highest BCUT2D eigenvalue weighted by molar-refractivity contribution is 7.47. The lowest BCUT2D eigenvalue weighted by molar-refractivity contribution is -0.154. The zero-order valence-corrected chi connectivity index (χ0v) is 35.4. The minimum absolute atomic E-state index is 0.0336. The number of hydrogen-bond acceptors (Lipinski definition) is 7. The third-order valence-electron chi connectivity index (χ3n) is 7.58. The summed E-state index contributed by atoms with van der Waals surface area (Å²) in [5.41, 5.74) is 5.35. The van der Waals surface area contributed by atoms with Crippen LogP contribution in [-0.4, -0.2) is 49.9 Å². The molecular formula is C47H74NO7P.